The standard InChI is InChI=1S/C18H32N4O/c1-14(2)15(3)21-18(19-4)20-13-16(17-9-8-12-23-17)22-10-6-5-7-11-22/h8-9,12,14-16H,5-7,10-11,13H2,1-4H3,(H2,19,20,21). The smallest absolute Gasteiger partial charge is 0.191 e. The molecule has 1 aromatic heterocycles. The van der Waals surface area contributed by atoms with Crippen LogP contribution in [0, 0.1) is 5.92 Å². The minimum Gasteiger partial charge on any atom is -0.468 e. The number of rotatable bonds is 6. The molecule has 5 heteroatoms. The molecule has 1 fully saturated rings. The minimum absolute atomic E-state index is 0.262. The number of piperidine rings is 1. The highest BCUT2D eigenvalue weighted by atomic mass is 16.3. The summed E-state index contributed by atoms with van der Waals surface area (Å²) >= 11 is 0. The van der Waals surface area contributed by atoms with E-state index < -0.39 is 0 Å². The fraction of sp³-hybridized carbons (Fsp3) is 0.722. The lowest BCUT2D eigenvalue weighted by molar-refractivity contribution is 0.146. The zero-order chi connectivity index (χ0) is 16.7. The van der Waals surface area contributed by atoms with Gasteiger partial charge in [-0.2, -0.15) is 0 Å². The molecule has 2 rings (SSSR count). The highest BCUT2D eigenvalue weighted by Gasteiger charge is 2.24. The van der Waals surface area contributed by atoms with Crippen molar-refractivity contribution in [3.8, 4) is 0 Å². The van der Waals surface area contributed by atoms with Crippen LogP contribution in [0.5, 0.6) is 0 Å². The molecule has 0 aliphatic carbocycles. The van der Waals surface area contributed by atoms with Crippen LogP contribution >= 0.6 is 0 Å². The number of likely N-dealkylation sites (tertiary alicyclic amines) is 1. The molecule has 130 valence electrons. The van der Waals surface area contributed by atoms with Gasteiger partial charge in [0.2, 0.25) is 0 Å². The summed E-state index contributed by atoms with van der Waals surface area (Å²) in [6.07, 6.45) is 5.65. The van der Waals surface area contributed by atoms with Crippen LogP contribution in [0.3, 0.4) is 0 Å². The SMILES string of the molecule is CN=C(NCC(c1ccco1)N1CCCCC1)NC(C)C(C)C. The van der Waals surface area contributed by atoms with E-state index in [1.807, 2.05) is 13.1 Å². The predicted molar refractivity (Wildman–Crippen MR) is 95.7 cm³/mol. The zero-order valence-corrected chi connectivity index (χ0v) is 15.0. The van der Waals surface area contributed by atoms with Crippen molar-refractivity contribution in [3.05, 3.63) is 24.2 Å². The summed E-state index contributed by atoms with van der Waals surface area (Å²) in [5, 5.41) is 6.94. The number of guanidine groups is 1. The Balaban J connectivity index is 1.97. The average Bonchev–Trinajstić information content (AvgIpc) is 3.09. The van der Waals surface area contributed by atoms with E-state index in [2.05, 4.69) is 47.4 Å². The van der Waals surface area contributed by atoms with Crippen molar-refractivity contribution in [2.24, 2.45) is 10.9 Å². The number of hydrogen-bond donors (Lipinski definition) is 2. The van der Waals surface area contributed by atoms with Gasteiger partial charge in [0.25, 0.3) is 0 Å². The summed E-state index contributed by atoms with van der Waals surface area (Å²) < 4.78 is 5.69. The van der Waals surface area contributed by atoms with Crippen molar-refractivity contribution < 1.29 is 4.42 Å². The van der Waals surface area contributed by atoms with E-state index in [1.165, 1.54) is 19.3 Å². The molecule has 2 heterocycles. The van der Waals surface area contributed by atoms with Crippen molar-refractivity contribution in [1.82, 2.24) is 15.5 Å². The first-order valence-corrected chi connectivity index (χ1v) is 8.86. The monoisotopic (exact) mass is 320 g/mol. The van der Waals surface area contributed by atoms with Gasteiger partial charge in [0.1, 0.15) is 5.76 Å². The molecule has 0 amide bonds. The summed E-state index contributed by atoms with van der Waals surface area (Å²) in [4.78, 5) is 6.88. The highest BCUT2D eigenvalue weighted by Crippen LogP contribution is 2.24. The maximum Gasteiger partial charge on any atom is 0.191 e. The first-order valence-electron chi connectivity index (χ1n) is 8.86. The van der Waals surface area contributed by atoms with Gasteiger partial charge >= 0.3 is 0 Å². The second-order valence-corrected chi connectivity index (χ2v) is 6.76. The molecule has 0 saturated carbocycles. The van der Waals surface area contributed by atoms with E-state index in [-0.39, 0.29) is 6.04 Å². The molecule has 1 aliphatic heterocycles. The largest absolute Gasteiger partial charge is 0.468 e. The lowest BCUT2D eigenvalue weighted by Crippen LogP contribution is -2.47. The van der Waals surface area contributed by atoms with Crippen LogP contribution in [0.25, 0.3) is 0 Å². The molecule has 5 nitrogen and oxygen atoms in total. The molecule has 0 radical (unpaired) electrons. The Labute approximate surface area is 140 Å². The first-order chi connectivity index (χ1) is 11.1. The molecule has 1 aliphatic rings. The molecule has 0 aromatic carbocycles. The van der Waals surface area contributed by atoms with Gasteiger partial charge in [-0.15, -0.1) is 0 Å². The topological polar surface area (TPSA) is 52.8 Å². The van der Waals surface area contributed by atoms with Gasteiger partial charge < -0.3 is 15.1 Å². The molecule has 1 saturated heterocycles. The molecule has 0 spiro atoms. The van der Waals surface area contributed by atoms with Crippen LogP contribution in [0.1, 0.15) is 51.8 Å². The van der Waals surface area contributed by atoms with Gasteiger partial charge in [0.15, 0.2) is 5.96 Å². The summed E-state index contributed by atoms with van der Waals surface area (Å²) in [6, 6.07) is 4.70. The molecule has 2 unspecified atom stereocenters. The predicted octanol–water partition coefficient (Wildman–Crippen LogP) is 3.02. The number of nitrogens with one attached hydrogen (secondary N) is 2. The normalized spacial score (nSPS) is 19.6. The van der Waals surface area contributed by atoms with Crippen LogP contribution in [-0.2, 0) is 0 Å². The summed E-state index contributed by atoms with van der Waals surface area (Å²) in [5.41, 5.74) is 0. The Morgan fingerprint density at radius 2 is 2.00 bits per heavy atom. The van der Waals surface area contributed by atoms with Crippen LogP contribution in [0.2, 0.25) is 0 Å². The van der Waals surface area contributed by atoms with E-state index in [4.69, 9.17) is 4.42 Å². The Bertz CT molecular complexity index is 463. The fourth-order valence-corrected chi connectivity index (χ4v) is 2.89. The Morgan fingerprint density at radius 1 is 1.26 bits per heavy atom. The van der Waals surface area contributed by atoms with E-state index in [9.17, 15) is 0 Å². The quantitative estimate of drug-likeness (QED) is 0.625. The molecular formula is C18H32N4O. The molecule has 23 heavy (non-hydrogen) atoms. The van der Waals surface area contributed by atoms with Crippen molar-refractivity contribution in [3.63, 3.8) is 0 Å². The van der Waals surface area contributed by atoms with Crippen LogP contribution in [0.15, 0.2) is 27.8 Å². The molecule has 1 aromatic rings. The van der Waals surface area contributed by atoms with Crippen LogP contribution in [0.4, 0.5) is 0 Å². The number of furan rings is 1. The van der Waals surface area contributed by atoms with Crippen LogP contribution < -0.4 is 10.6 Å². The Hall–Kier alpha value is -1.49. The summed E-state index contributed by atoms with van der Waals surface area (Å²) in [5.74, 6) is 2.46. The van der Waals surface area contributed by atoms with Gasteiger partial charge in [-0.05, 0) is 50.9 Å². The third kappa shape index (κ3) is 5.27. The van der Waals surface area contributed by atoms with Gasteiger partial charge in [0, 0.05) is 19.6 Å². The van der Waals surface area contributed by atoms with E-state index in [0.29, 0.717) is 12.0 Å². The highest BCUT2D eigenvalue weighted by molar-refractivity contribution is 5.80. The minimum atomic E-state index is 0.262. The second-order valence-electron chi connectivity index (χ2n) is 6.76. The second kappa shape index (κ2) is 8.96. The Morgan fingerprint density at radius 3 is 2.57 bits per heavy atom. The number of hydrogen-bond acceptors (Lipinski definition) is 3. The number of aliphatic imine (C=N–C) groups is 1. The molecule has 2 N–H and O–H groups in total. The Kier molecular flexibility index (Phi) is 6.96. The molecule has 2 atom stereocenters. The lowest BCUT2D eigenvalue weighted by Gasteiger charge is -2.34. The van der Waals surface area contributed by atoms with Gasteiger partial charge in [0.05, 0.1) is 12.3 Å². The van der Waals surface area contributed by atoms with E-state index in [1.54, 1.807) is 6.26 Å². The zero-order valence-electron chi connectivity index (χ0n) is 15.0. The van der Waals surface area contributed by atoms with Crippen molar-refractivity contribution in [1.29, 1.82) is 0 Å². The van der Waals surface area contributed by atoms with Gasteiger partial charge in [-0.1, -0.05) is 20.3 Å². The third-order valence-corrected chi connectivity index (χ3v) is 4.75. The maximum atomic E-state index is 5.69. The van der Waals surface area contributed by atoms with Crippen LogP contribution in [-0.4, -0.2) is 43.6 Å². The van der Waals surface area contributed by atoms with Crippen molar-refractivity contribution in [2.45, 2.75) is 52.1 Å². The van der Waals surface area contributed by atoms with E-state index >= 15 is 0 Å². The first kappa shape index (κ1) is 17.9. The summed E-state index contributed by atoms with van der Waals surface area (Å²) in [6.45, 7) is 9.70. The average molecular weight is 320 g/mol. The third-order valence-electron chi connectivity index (χ3n) is 4.75. The number of nitrogens with zero attached hydrogens (tertiary/aromatic N) is 2. The fourth-order valence-electron chi connectivity index (χ4n) is 2.89. The van der Waals surface area contributed by atoms with Crippen molar-refractivity contribution >= 4 is 5.96 Å². The molecule has 0 bridgehead atoms. The van der Waals surface area contributed by atoms with Crippen molar-refractivity contribution in [2.75, 3.05) is 26.7 Å². The summed E-state index contributed by atoms with van der Waals surface area (Å²) in [7, 11) is 1.82. The molecular weight excluding hydrogens is 288 g/mol. The maximum absolute atomic E-state index is 5.69. The van der Waals surface area contributed by atoms with Gasteiger partial charge in [-0.25, -0.2) is 0 Å². The van der Waals surface area contributed by atoms with Gasteiger partial charge in [-0.3, -0.25) is 9.89 Å². The van der Waals surface area contributed by atoms with E-state index in [0.717, 1.165) is 31.4 Å². The lowest BCUT2D eigenvalue weighted by atomic mass is 10.1.